The molecule has 0 aromatic heterocycles. The standard InChI is InChI=1S/C12H16F3NO2S/c1-2-16-7-4-8-19(17,18)11-6-3-5-10(9-11)12(13,14)15/h3,5-6,9,16H,2,4,7-8H2,1H3. The molecule has 3 nitrogen and oxygen atoms in total. The largest absolute Gasteiger partial charge is 0.416 e. The van der Waals surface area contributed by atoms with Crippen molar-refractivity contribution in [1.29, 1.82) is 0 Å². The van der Waals surface area contributed by atoms with E-state index in [-0.39, 0.29) is 10.6 Å². The van der Waals surface area contributed by atoms with Crippen LogP contribution >= 0.6 is 0 Å². The number of alkyl halides is 3. The second kappa shape index (κ2) is 6.38. The molecule has 1 aromatic rings. The van der Waals surface area contributed by atoms with Gasteiger partial charge in [0.25, 0.3) is 0 Å². The summed E-state index contributed by atoms with van der Waals surface area (Å²) in [5.74, 6) is -0.165. The number of rotatable bonds is 6. The lowest BCUT2D eigenvalue weighted by atomic mass is 10.2. The predicted octanol–water partition coefficient (Wildman–Crippen LogP) is 2.48. The van der Waals surface area contributed by atoms with Crippen LogP contribution in [0.2, 0.25) is 0 Å². The molecule has 0 fully saturated rings. The van der Waals surface area contributed by atoms with Gasteiger partial charge in [-0.1, -0.05) is 13.0 Å². The molecule has 108 valence electrons. The van der Waals surface area contributed by atoms with Crippen molar-refractivity contribution in [3.8, 4) is 0 Å². The van der Waals surface area contributed by atoms with E-state index in [1.807, 2.05) is 6.92 Å². The van der Waals surface area contributed by atoms with Gasteiger partial charge in [-0.2, -0.15) is 13.2 Å². The van der Waals surface area contributed by atoms with Crippen LogP contribution in [0.15, 0.2) is 29.2 Å². The summed E-state index contributed by atoms with van der Waals surface area (Å²) in [5.41, 5.74) is -0.944. The van der Waals surface area contributed by atoms with Crippen molar-refractivity contribution in [3.63, 3.8) is 0 Å². The smallest absolute Gasteiger partial charge is 0.317 e. The lowest BCUT2D eigenvalue weighted by Gasteiger charge is -2.09. The normalized spacial score (nSPS) is 12.6. The van der Waals surface area contributed by atoms with E-state index in [2.05, 4.69) is 5.32 Å². The number of sulfone groups is 1. The lowest BCUT2D eigenvalue weighted by molar-refractivity contribution is -0.137. The van der Waals surface area contributed by atoms with Gasteiger partial charge in [-0.15, -0.1) is 0 Å². The van der Waals surface area contributed by atoms with E-state index in [9.17, 15) is 21.6 Å². The number of hydrogen-bond donors (Lipinski definition) is 1. The third-order valence-electron chi connectivity index (χ3n) is 2.54. The zero-order chi connectivity index (χ0) is 14.5. The first-order valence-electron chi connectivity index (χ1n) is 5.88. The minimum atomic E-state index is -4.53. The van der Waals surface area contributed by atoms with Crippen molar-refractivity contribution in [2.45, 2.75) is 24.4 Å². The Hall–Kier alpha value is -1.08. The molecule has 0 aliphatic rings. The van der Waals surface area contributed by atoms with E-state index in [0.717, 1.165) is 18.7 Å². The van der Waals surface area contributed by atoms with Crippen molar-refractivity contribution in [1.82, 2.24) is 5.32 Å². The van der Waals surface area contributed by atoms with Crippen molar-refractivity contribution < 1.29 is 21.6 Å². The van der Waals surface area contributed by atoms with Crippen molar-refractivity contribution in [2.75, 3.05) is 18.8 Å². The molecule has 0 aliphatic heterocycles. The summed E-state index contributed by atoms with van der Waals surface area (Å²) in [4.78, 5) is -0.279. The lowest BCUT2D eigenvalue weighted by Crippen LogP contribution is -2.18. The number of halogens is 3. The van der Waals surface area contributed by atoms with E-state index >= 15 is 0 Å². The van der Waals surface area contributed by atoms with Crippen LogP contribution in [-0.2, 0) is 16.0 Å². The zero-order valence-electron chi connectivity index (χ0n) is 10.5. The first kappa shape index (κ1) is 16.0. The van der Waals surface area contributed by atoms with Crippen molar-refractivity contribution in [2.24, 2.45) is 0 Å². The molecular formula is C12H16F3NO2S. The number of hydrogen-bond acceptors (Lipinski definition) is 3. The molecule has 1 aromatic carbocycles. The third kappa shape index (κ3) is 4.83. The van der Waals surface area contributed by atoms with Gasteiger partial charge in [0.1, 0.15) is 0 Å². The second-order valence-corrected chi connectivity index (χ2v) is 6.16. The molecule has 0 unspecified atom stereocenters. The maximum atomic E-state index is 12.5. The summed E-state index contributed by atoms with van der Waals surface area (Å²) < 4.78 is 61.3. The molecule has 0 heterocycles. The summed E-state index contributed by atoms with van der Waals surface area (Å²) in [7, 11) is -3.66. The molecule has 0 saturated heterocycles. The molecule has 0 bridgehead atoms. The fourth-order valence-corrected chi connectivity index (χ4v) is 2.90. The monoisotopic (exact) mass is 295 g/mol. The third-order valence-corrected chi connectivity index (χ3v) is 4.34. The van der Waals surface area contributed by atoms with Gasteiger partial charge in [0, 0.05) is 0 Å². The summed E-state index contributed by atoms with van der Waals surface area (Å²) in [6.45, 7) is 3.14. The SMILES string of the molecule is CCNCCCS(=O)(=O)c1cccc(C(F)(F)F)c1. The van der Waals surface area contributed by atoms with Gasteiger partial charge < -0.3 is 5.32 Å². The predicted molar refractivity (Wildman–Crippen MR) is 66.7 cm³/mol. The van der Waals surface area contributed by atoms with Crippen molar-refractivity contribution in [3.05, 3.63) is 29.8 Å². The molecule has 0 atom stereocenters. The Balaban J connectivity index is 2.84. The zero-order valence-corrected chi connectivity index (χ0v) is 11.3. The van der Waals surface area contributed by atoms with Gasteiger partial charge in [0.15, 0.2) is 9.84 Å². The van der Waals surface area contributed by atoms with Crippen LogP contribution in [0.1, 0.15) is 18.9 Å². The fraction of sp³-hybridized carbons (Fsp3) is 0.500. The molecule has 19 heavy (non-hydrogen) atoms. The molecule has 0 aliphatic carbocycles. The van der Waals surface area contributed by atoms with Gasteiger partial charge in [-0.25, -0.2) is 8.42 Å². The minimum absolute atomic E-state index is 0.165. The molecular weight excluding hydrogens is 279 g/mol. The summed E-state index contributed by atoms with van der Waals surface area (Å²) in [5, 5.41) is 2.96. The Kier molecular flexibility index (Phi) is 5.37. The number of nitrogens with one attached hydrogen (secondary N) is 1. The highest BCUT2D eigenvalue weighted by atomic mass is 32.2. The molecule has 7 heteroatoms. The summed E-state index contributed by atoms with van der Waals surface area (Å²) >= 11 is 0. The highest BCUT2D eigenvalue weighted by Crippen LogP contribution is 2.30. The molecule has 0 saturated carbocycles. The van der Waals surface area contributed by atoms with Crippen LogP contribution in [0.25, 0.3) is 0 Å². The van der Waals surface area contributed by atoms with Crippen LogP contribution in [0.3, 0.4) is 0 Å². The van der Waals surface area contributed by atoms with E-state index in [1.54, 1.807) is 0 Å². The van der Waals surface area contributed by atoms with Crippen molar-refractivity contribution >= 4 is 9.84 Å². The highest BCUT2D eigenvalue weighted by molar-refractivity contribution is 7.91. The Morgan fingerprint density at radius 2 is 1.95 bits per heavy atom. The first-order chi connectivity index (χ1) is 8.77. The van der Waals surface area contributed by atoms with Gasteiger partial charge in [-0.3, -0.25) is 0 Å². The Morgan fingerprint density at radius 3 is 2.53 bits per heavy atom. The van der Waals surface area contributed by atoms with Crippen LogP contribution in [-0.4, -0.2) is 27.3 Å². The Bertz CT molecular complexity index is 512. The number of benzene rings is 1. The second-order valence-electron chi connectivity index (χ2n) is 4.05. The van der Waals surface area contributed by atoms with Crippen LogP contribution < -0.4 is 5.32 Å². The van der Waals surface area contributed by atoms with E-state index in [1.165, 1.54) is 6.07 Å². The highest BCUT2D eigenvalue weighted by Gasteiger charge is 2.31. The quantitative estimate of drug-likeness (QED) is 0.820. The maximum absolute atomic E-state index is 12.5. The molecule has 1 rings (SSSR count). The van der Waals surface area contributed by atoms with E-state index < -0.39 is 21.6 Å². The molecule has 0 spiro atoms. The topological polar surface area (TPSA) is 46.2 Å². The van der Waals surface area contributed by atoms with Gasteiger partial charge in [0.2, 0.25) is 0 Å². The molecule has 0 amide bonds. The van der Waals surface area contributed by atoms with Gasteiger partial charge >= 0.3 is 6.18 Å². The minimum Gasteiger partial charge on any atom is -0.317 e. The fourth-order valence-electron chi connectivity index (χ4n) is 1.55. The van der Waals surface area contributed by atoms with Gasteiger partial charge in [0.05, 0.1) is 16.2 Å². The van der Waals surface area contributed by atoms with Crippen LogP contribution in [0.5, 0.6) is 0 Å². The summed E-state index contributed by atoms with van der Waals surface area (Å²) in [6, 6.07) is 3.85. The van der Waals surface area contributed by atoms with Gasteiger partial charge in [-0.05, 0) is 37.7 Å². The summed E-state index contributed by atoms with van der Waals surface area (Å²) in [6.07, 6.45) is -4.16. The Labute approximate surface area is 110 Å². The average Bonchev–Trinajstić information content (AvgIpc) is 2.34. The van der Waals surface area contributed by atoms with E-state index in [4.69, 9.17) is 0 Å². The Morgan fingerprint density at radius 1 is 1.26 bits per heavy atom. The average molecular weight is 295 g/mol. The maximum Gasteiger partial charge on any atom is 0.416 e. The van der Waals surface area contributed by atoms with Crippen LogP contribution in [0.4, 0.5) is 13.2 Å². The van der Waals surface area contributed by atoms with Crippen LogP contribution in [0, 0.1) is 0 Å². The van der Waals surface area contributed by atoms with E-state index in [0.29, 0.717) is 19.0 Å². The first-order valence-corrected chi connectivity index (χ1v) is 7.53. The molecule has 0 radical (unpaired) electrons. The molecule has 1 N–H and O–H groups in total.